The number of nitrogens with one attached hydrogen (secondary N) is 3. The zero-order valence-electron chi connectivity index (χ0n) is 9.28. The van der Waals surface area contributed by atoms with E-state index in [0.29, 0.717) is 24.7 Å². The van der Waals surface area contributed by atoms with Crippen molar-refractivity contribution in [1.82, 2.24) is 19.5 Å². The molecule has 0 amide bonds. The topological polar surface area (TPSA) is 116 Å². The van der Waals surface area contributed by atoms with Crippen LogP contribution in [-0.2, 0) is 6.54 Å². The predicted molar refractivity (Wildman–Crippen MR) is 62.2 cm³/mol. The first kappa shape index (κ1) is 11.4. The number of aliphatic hydroxyl groups excluding tert-OH is 1. The second kappa shape index (κ2) is 4.42. The molecule has 92 valence electrons. The lowest BCUT2D eigenvalue weighted by Crippen LogP contribution is -2.29. The van der Waals surface area contributed by atoms with Crippen LogP contribution in [0.5, 0.6) is 0 Å². The van der Waals surface area contributed by atoms with Crippen LogP contribution in [0.1, 0.15) is 6.92 Å². The van der Waals surface area contributed by atoms with Crippen LogP contribution in [0, 0.1) is 0 Å². The van der Waals surface area contributed by atoms with Crippen molar-refractivity contribution in [1.29, 1.82) is 0 Å². The van der Waals surface area contributed by atoms with Crippen molar-refractivity contribution in [2.75, 3.05) is 18.5 Å². The van der Waals surface area contributed by atoms with Gasteiger partial charge in [-0.1, -0.05) is 0 Å². The maximum atomic E-state index is 11.5. The third kappa shape index (κ3) is 1.94. The van der Waals surface area contributed by atoms with E-state index in [4.69, 9.17) is 5.11 Å². The molecular weight excluding hydrogens is 226 g/mol. The van der Waals surface area contributed by atoms with Crippen molar-refractivity contribution in [3.05, 3.63) is 20.8 Å². The molecule has 0 bridgehead atoms. The number of hydrogen-bond donors (Lipinski definition) is 4. The summed E-state index contributed by atoms with van der Waals surface area (Å²) < 4.78 is 1.36. The molecule has 0 fully saturated rings. The van der Waals surface area contributed by atoms with Gasteiger partial charge in [0.25, 0.3) is 5.56 Å². The molecule has 0 aliphatic rings. The Morgan fingerprint density at radius 3 is 2.82 bits per heavy atom. The Morgan fingerprint density at radius 1 is 1.41 bits per heavy atom. The molecule has 0 aromatic carbocycles. The molecule has 2 rings (SSSR count). The number of imidazole rings is 1. The Labute approximate surface area is 95.3 Å². The highest BCUT2D eigenvalue weighted by atomic mass is 16.3. The first-order valence-electron chi connectivity index (χ1n) is 5.25. The van der Waals surface area contributed by atoms with Gasteiger partial charge in [-0.2, -0.15) is 4.98 Å². The number of nitrogens with zero attached hydrogens (tertiary/aromatic N) is 2. The summed E-state index contributed by atoms with van der Waals surface area (Å²) in [6, 6.07) is 0. The summed E-state index contributed by atoms with van der Waals surface area (Å²) in [7, 11) is 0. The summed E-state index contributed by atoms with van der Waals surface area (Å²) in [5.41, 5.74) is -0.432. The second-order valence-corrected chi connectivity index (χ2v) is 3.44. The number of fused-ring (bicyclic) bond motifs is 1. The minimum Gasteiger partial charge on any atom is -0.395 e. The smallest absolute Gasteiger partial charge is 0.330 e. The van der Waals surface area contributed by atoms with Crippen molar-refractivity contribution in [2.24, 2.45) is 0 Å². The minimum atomic E-state index is -0.501. The number of rotatable bonds is 4. The van der Waals surface area contributed by atoms with Crippen molar-refractivity contribution < 1.29 is 5.11 Å². The zero-order chi connectivity index (χ0) is 12.4. The molecule has 0 spiro atoms. The highest BCUT2D eigenvalue weighted by molar-refractivity contribution is 5.72. The maximum Gasteiger partial charge on any atom is 0.330 e. The lowest BCUT2D eigenvalue weighted by atomic mass is 10.5. The van der Waals surface area contributed by atoms with Crippen LogP contribution in [0.2, 0.25) is 0 Å². The van der Waals surface area contributed by atoms with Crippen molar-refractivity contribution in [3.63, 3.8) is 0 Å². The standard InChI is InChI=1S/C9H13N5O3/c1-2-14-6-5(7(16)13-9(14)17)11-8(12-6)10-3-4-15/h15H,2-4H2,1H3,(H2,10,11,12)(H,13,16,17). The van der Waals surface area contributed by atoms with Crippen LogP contribution in [0.15, 0.2) is 9.59 Å². The predicted octanol–water partition coefficient (Wildman–Crippen LogP) is -1.16. The molecule has 2 aromatic rings. The van der Waals surface area contributed by atoms with Crippen molar-refractivity contribution >= 4 is 17.1 Å². The zero-order valence-corrected chi connectivity index (χ0v) is 9.28. The highest BCUT2D eigenvalue weighted by Crippen LogP contribution is 2.07. The molecule has 0 aliphatic carbocycles. The Morgan fingerprint density at radius 2 is 2.18 bits per heavy atom. The Bertz CT molecular complexity index is 638. The minimum absolute atomic E-state index is 0.0476. The van der Waals surface area contributed by atoms with Crippen LogP contribution in [0.25, 0.3) is 11.2 Å². The van der Waals surface area contributed by atoms with Gasteiger partial charge in [-0.3, -0.25) is 14.3 Å². The number of H-pyrrole nitrogens is 2. The largest absolute Gasteiger partial charge is 0.395 e. The normalized spacial score (nSPS) is 10.9. The molecule has 0 atom stereocenters. The van der Waals surface area contributed by atoms with E-state index < -0.39 is 11.2 Å². The molecule has 0 unspecified atom stereocenters. The second-order valence-electron chi connectivity index (χ2n) is 3.44. The summed E-state index contributed by atoms with van der Waals surface area (Å²) in [4.78, 5) is 32.1. The monoisotopic (exact) mass is 239 g/mol. The van der Waals surface area contributed by atoms with E-state index in [-0.39, 0.29) is 12.1 Å². The summed E-state index contributed by atoms with van der Waals surface area (Å²) >= 11 is 0. The number of hydrogen-bond acceptors (Lipinski definition) is 5. The fourth-order valence-electron chi connectivity index (χ4n) is 1.59. The lowest BCUT2D eigenvalue weighted by molar-refractivity contribution is 0.311. The van der Waals surface area contributed by atoms with E-state index in [1.54, 1.807) is 6.92 Å². The van der Waals surface area contributed by atoms with Gasteiger partial charge in [-0.15, -0.1) is 0 Å². The van der Waals surface area contributed by atoms with E-state index in [1.807, 2.05) is 0 Å². The fourth-order valence-corrected chi connectivity index (χ4v) is 1.59. The molecule has 0 aliphatic heterocycles. The van der Waals surface area contributed by atoms with Crippen LogP contribution in [0.3, 0.4) is 0 Å². The summed E-state index contributed by atoms with van der Waals surface area (Å²) in [5.74, 6) is 0.354. The number of aromatic nitrogens is 4. The first-order valence-corrected chi connectivity index (χ1v) is 5.25. The van der Waals surface area contributed by atoms with E-state index >= 15 is 0 Å². The number of aryl methyl sites for hydroxylation is 1. The summed E-state index contributed by atoms with van der Waals surface area (Å²) in [6.45, 7) is 2.47. The van der Waals surface area contributed by atoms with Crippen LogP contribution in [-0.4, -0.2) is 37.8 Å². The Balaban J connectivity index is 2.62. The average molecular weight is 239 g/mol. The average Bonchev–Trinajstić information content (AvgIpc) is 2.71. The van der Waals surface area contributed by atoms with Gasteiger partial charge in [-0.05, 0) is 6.92 Å². The van der Waals surface area contributed by atoms with Gasteiger partial charge in [0.1, 0.15) is 0 Å². The lowest BCUT2D eigenvalue weighted by Gasteiger charge is -1.99. The van der Waals surface area contributed by atoms with Crippen LogP contribution >= 0.6 is 0 Å². The third-order valence-corrected chi connectivity index (χ3v) is 2.35. The van der Waals surface area contributed by atoms with Crippen molar-refractivity contribution in [3.8, 4) is 0 Å². The molecular formula is C9H13N5O3. The Kier molecular flexibility index (Phi) is 2.96. The van der Waals surface area contributed by atoms with Gasteiger partial charge in [-0.25, -0.2) is 4.79 Å². The number of aromatic amines is 2. The van der Waals surface area contributed by atoms with Crippen LogP contribution < -0.4 is 16.6 Å². The van der Waals surface area contributed by atoms with E-state index in [1.165, 1.54) is 4.57 Å². The van der Waals surface area contributed by atoms with Gasteiger partial charge in [0, 0.05) is 13.1 Å². The fraction of sp³-hybridized carbons (Fsp3) is 0.444. The molecule has 0 saturated heterocycles. The molecule has 2 aromatic heterocycles. The summed E-state index contributed by atoms with van der Waals surface area (Å²) in [5, 5.41) is 11.5. The SMILES string of the molecule is CCn1c(=O)[nH]c(=O)c2[nH]c(NCCO)nc21. The van der Waals surface area contributed by atoms with E-state index in [9.17, 15) is 9.59 Å². The van der Waals surface area contributed by atoms with E-state index in [0.717, 1.165) is 0 Å². The van der Waals surface area contributed by atoms with Crippen molar-refractivity contribution in [2.45, 2.75) is 13.5 Å². The molecule has 2 heterocycles. The number of anilines is 1. The summed E-state index contributed by atoms with van der Waals surface area (Å²) in [6.07, 6.45) is 0. The van der Waals surface area contributed by atoms with Crippen LogP contribution in [0.4, 0.5) is 5.95 Å². The quantitative estimate of drug-likeness (QED) is 0.537. The van der Waals surface area contributed by atoms with E-state index in [2.05, 4.69) is 20.3 Å². The number of aliphatic hydroxyl groups is 1. The Hall–Kier alpha value is -2.09. The maximum absolute atomic E-state index is 11.5. The van der Waals surface area contributed by atoms with Gasteiger partial charge in [0.05, 0.1) is 6.61 Å². The molecule has 17 heavy (non-hydrogen) atoms. The van der Waals surface area contributed by atoms with Gasteiger partial charge >= 0.3 is 5.69 Å². The molecule has 4 N–H and O–H groups in total. The third-order valence-electron chi connectivity index (χ3n) is 2.35. The first-order chi connectivity index (χ1) is 8.17. The highest BCUT2D eigenvalue weighted by Gasteiger charge is 2.11. The molecule has 8 heteroatoms. The molecule has 0 saturated carbocycles. The molecule has 0 radical (unpaired) electrons. The van der Waals surface area contributed by atoms with Gasteiger partial charge < -0.3 is 15.4 Å². The van der Waals surface area contributed by atoms with Gasteiger partial charge in [0.15, 0.2) is 11.2 Å². The molecule has 8 nitrogen and oxygen atoms in total. The van der Waals surface area contributed by atoms with Gasteiger partial charge in [0.2, 0.25) is 5.95 Å².